The van der Waals surface area contributed by atoms with Crippen LogP contribution in [0.3, 0.4) is 0 Å². The first-order valence-electron chi connectivity index (χ1n) is 10.4. The molecular weight excluding hydrogens is 417 g/mol. The van der Waals surface area contributed by atoms with Crippen molar-refractivity contribution in [2.45, 2.75) is 63.6 Å². The SMILES string of the molecule is O=C(CCCc1cn[nH]c1)N[C@H]1CCC[C@H]2CN(C(=O)CCC(F)(F)F)C[C@H]21.O=CO. The minimum Gasteiger partial charge on any atom is -0.483 e. The minimum absolute atomic E-state index is 0.000548. The summed E-state index contributed by atoms with van der Waals surface area (Å²) in [6.07, 6.45) is 2.39. The lowest BCUT2D eigenvalue weighted by atomic mass is 9.78. The molecule has 0 bridgehead atoms. The molecule has 1 aliphatic heterocycles. The normalized spacial score (nSPS) is 22.8. The Morgan fingerprint density at radius 3 is 2.68 bits per heavy atom. The maximum atomic E-state index is 12.4. The molecule has 0 aromatic carbocycles. The van der Waals surface area contributed by atoms with Gasteiger partial charge in [0.15, 0.2) is 0 Å². The van der Waals surface area contributed by atoms with Crippen LogP contribution in [0.2, 0.25) is 0 Å². The standard InChI is InChI=1S/C19H27F3N4O2.CH2O2/c20-19(21,22)8-7-18(28)26-11-14-4-2-5-16(15(14)12-26)25-17(27)6-1-3-13-9-23-24-10-13;2-1-3/h9-10,14-16H,1-8,11-12H2,(H,23,24)(H,25,27);1H,(H,2,3)/t14-,15+,16-;/m0./s1. The topological polar surface area (TPSA) is 115 Å². The Labute approximate surface area is 178 Å². The maximum Gasteiger partial charge on any atom is 0.389 e. The third-order valence-electron chi connectivity index (χ3n) is 5.84. The third-order valence-corrected chi connectivity index (χ3v) is 5.84. The minimum atomic E-state index is -4.31. The van der Waals surface area contributed by atoms with E-state index in [4.69, 9.17) is 9.90 Å². The summed E-state index contributed by atoms with van der Waals surface area (Å²) in [6.45, 7) is 0.704. The number of hydrogen-bond acceptors (Lipinski definition) is 4. The van der Waals surface area contributed by atoms with E-state index in [-0.39, 0.29) is 30.3 Å². The molecular formula is C20H29F3N4O4. The van der Waals surface area contributed by atoms with Gasteiger partial charge >= 0.3 is 6.18 Å². The molecule has 2 fully saturated rings. The van der Waals surface area contributed by atoms with Gasteiger partial charge in [-0.2, -0.15) is 18.3 Å². The molecule has 31 heavy (non-hydrogen) atoms. The van der Waals surface area contributed by atoms with E-state index in [1.807, 2.05) is 6.20 Å². The van der Waals surface area contributed by atoms with Gasteiger partial charge in [0.2, 0.25) is 11.8 Å². The van der Waals surface area contributed by atoms with E-state index in [2.05, 4.69) is 15.5 Å². The number of rotatable bonds is 7. The molecule has 0 spiro atoms. The van der Waals surface area contributed by atoms with Crippen molar-refractivity contribution in [3.05, 3.63) is 18.0 Å². The highest BCUT2D eigenvalue weighted by molar-refractivity contribution is 5.77. The van der Waals surface area contributed by atoms with Crippen molar-refractivity contribution in [1.82, 2.24) is 20.4 Å². The molecule has 1 saturated heterocycles. The van der Waals surface area contributed by atoms with E-state index < -0.39 is 24.9 Å². The van der Waals surface area contributed by atoms with Gasteiger partial charge in [-0.25, -0.2) is 0 Å². The summed E-state index contributed by atoms with van der Waals surface area (Å²) in [6, 6.07) is 0.000548. The summed E-state index contributed by atoms with van der Waals surface area (Å²) in [4.78, 5) is 34.4. The molecule has 1 aromatic rings. The van der Waals surface area contributed by atoms with Gasteiger partial charge in [-0.3, -0.25) is 19.5 Å². The van der Waals surface area contributed by atoms with Gasteiger partial charge in [0.05, 0.1) is 12.6 Å². The number of H-pyrrole nitrogens is 1. The van der Waals surface area contributed by atoms with Crippen LogP contribution in [0.15, 0.2) is 12.4 Å². The Balaban J connectivity index is 0.00000107. The molecule has 1 aromatic heterocycles. The van der Waals surface area contributed by atoms with Crippen LogP contribution in [0.25, 0.3) is 0 Å². The van der Waals surface area contributed by atoms with Gasteiger partial charge in [-0.1, -0.05) is 6.42 Å². The molecule has 3 N–H and O–H groups in total. The number of amides is 2. The molecule has 2 aliphatic rings. The Hall–Kier alpha value is -2.59. The summed E-state index contributed by atoms with van der Waals surface area (Å²) in [5.41, 5.74) is 1.06. The smallest absolute Gasteiger partial charge is 0.389 e. The molecule has 2 amide bonds. The van der Waals surface area contributed by atoms with Gasteiger partial charge in [0.25, 0.3) is 6.47 Å². The fourth-order valence-electron chi connectivity index (χ4n) is 4.41. The van der Waals surface area contributed by atoms with Crippen molar-refractivity contribution in [2.24, 2.45) is 11.8 Å². The van der Waals surface area contributed by atoms with Crippen LogP contribution in [0.5, 0.6) is 0 Å². The van der Waals surface area contributed by atoms with Crippen molar-refractivity contribution < 1.29 is 32.7 Å². The van der Waals surface area contributed by atoms with Gasteiger partial charge in [0.1, 0.15) is 0 Å². The van der Waals surface area contributed by atoms with E-state index >= 15 is 0 Å². The average Bonchev–Trinajstić information content (AvgIpc) is 3.36. The molecule has 1 saturated carbocycles. The number of nitrogens with one attached hydrogen (secondary N) is 2. The van der Waals surface area contributed by atoms with E-state index in [0.29, 0.717) is 19.5 Å². The quantitative estimate of drug-likeness (QED) is 0.557. The summed E-state index contributed by atoms with van der Waals surface area (Å²) in [7, 11) is 0. The van der Waals surface area contributed by atoms with E-state index in [1.54, 1.807) is 11.1 Å². The molecule has 2 heterocycles. The zero-order valence-corrected chi connectivity index (χ0v) is 17.2. The summed E-state index contributed by atoms with van der Waals surface area (Å²) >= 11 is 0. The third kappa shape index (κ3) is 8.22. The number of aromatic amines is 1. The predicted molar refractivity (Wildman–Crippen MR) is 105 cm³/mol. The zero-order valence-electron chi connectivity index (χ0n) is 17.2. The number of nitrogens with zero attached hydrogens (tertiary/aromatic N) is 2. The molecule has 174 valence electrons. The lowest BCUT2D eigenvalue weighted by Crippen LogP contribution is -2.45. The number of likely N-dealkylation sites (tertiary alicyclic amines) is 1. The largest absolute Gasteiger partial charge is 0.483 e. The Kier molecular flexibility index (Phi) is 9.32. The predicted octanol–water partition coefficient (Wildman–Crippen LogP) is 2.52. The number of aromatic nitrogens is 2. The van der Waals surface area contributed by atoms with Gasteiger partial charge < -0.3 is 15.3 Å². The molecule has 1 aliphatic carbocycles. The first kappa shape index (κ1) is 24.7. The lowest BCUT2D eigenvalue weighted by Gasteiger charge is -2.33. The first-order chi connectivity index (χ1) is 14.7. The number of carbonyl (C=O) groups excluding carboxylic acids is 2. The second kappa shape index (κ2) is 11.7. The average molecular weight is 446 g/mol. The van der Waals surface area contributed by atoms with Crippen LogP contribution in [0.4, 0.5) is 13.2 Å². The number of fused-ring (bicyclic) bond motifs is 1. The van der Waals surface area contributed by atoms with Crippen molar-refractivity contribution in [2.75, 3.05) is 13.1 Å². The van der Waals surface area contributed by atoms with Gasteiger partial charge in [-0.05, 0) is 37.2 Å². The lowest BCUT2D eigenvalue weighted by molar-refractivity contribution is -0.148. The summed E-state index contributed by atoms with van der Waals surface area (Å²) in [5, 5.41) is 16.6. The molecule has 11 heteroatoms. The number of halogens is 3. The molecule has 0 unspecified atom stereocenters. The van der Waals surface area contributed by atoms with Crippen LogP contribution in [0, 0.1) is 11.8 Å². The highest BCUT2D eigenvalue weighted by Gasteiger charge is 2.42. The molecule has 0 radical (unpaired) electrons. The first-order valence-corrected chi connectivity index (χ1v) is 10.4. The zero-order chi connectivity index (χ0) is 22.9. The number of alkyl halides is 3. The van der Waals surface area contributed by atoms with Gasteiger partial charge in [0, 0.05) is 44.1 Å². The van der Waals surface area contributed by atoms with Crippen LogP contribution >= 0.6 is 0 Å². The van der Waals surface area contributed by atoms with Crippen molar-refractivity contribution >= 4 is 18.3 Å². The summed E-state index contributed by atoms with van der Waals surface area (Å²) in [5.74, 6) is -0.0332. The molecule has 3 atom stereocenters. The highest BCUT2D eigenvalue weighted by Crippen LogP contribution is 2.37. The van der Waals surface area contributed by atoms with Crippen LogP contribution in [-0.2, 0) is 20.8 Å². The van der Waals surface area contributed by atoms with Crippen molar-refractivity contribution in [1.29, 1.82) is 0 Å². The van der Waals surface area contributed by atoms with Crippen LogP contribution in [-0.4, -0.2) is 63.8 Å². The number of carbonyl (C=O) groups is 3. The Bertz CT molecular complexity index is 712. The van der Waals surface area contributed by atoms with Crippen LogP contribution in [0.1, 0.15) is 50.5 Å². The van der Waals surface area contributed by atoms with E-state index in [0.717, 1.165) is 37.7 Å². The van der Waals surface area contributed by atoms with Crippen molar-refractivity contribution in [3.63, 3.8) is 0 Å². The number of carboxylic acid groups (broad SMARTS) is 1. The second-order valence-corrected chi connectivity index (χ2v) is 8.01. The Morgan fingerprint density at radius 1 is 1.29 bits per heavy atom. The number of aryl methyl sites for hydroxylation is 1. The molecule has 8 nitrogen and oxygen atoms in total. The van der Waals surface area contributed by atoms with Gasteiger partial charge in [-0.15, -0.1) is 0 Å². The summed E-state index contributed by atoms with van der Waals surface area (Å²) < 4.78 is 37.1. The van der Waals surface area contributed by atoms with E-state index in [9.17, 15) is 22.8 Å². The van der Waals surface area contributed by atoms with E-state index in [1.165, 1.54) is 0 Å². The highest BCUT2D eigenvalue weighted by atomic mass is 19.4. The fraction of sp³-hybridized carbons (Fsp3) is 0.700. The fourth-order valence-corrected chi connectivity index (χ4v) is 4.41. The second-order valence-electron chi connectivity index (χ2n) is 8.01. The maximum absolute atomic E-state index is 12.4. The molecule has 3 rings (SSSR count). The number of hydrogen-bond donors (Lipinski definition) is 3. The monoisotopic (exact) mass is 446 g/mol. The van der Waals surface area contributed by atoms with Crippen LogP contribution < -0.4 is 5.32 Å². The van der Waals surface area contributed by atoms with Crippen molar-refractivity contribution in [3.8, 4) is 0 Å². The Morgan fingerprint density at radius 2 is 2.03 bits per heavy atom.